The molecule has 0 aliphatic carbocycles. The average Bonchev–Trinajstić information content (AvgIpc) is 2.08. The highest BCUT2D eigenvalue weighted by Gasteiger charge is 2.13. The second-order valence-electron chi connectivity index (χ2n) is 1.88. The number of rotatable bonds is 3. The minimum absolute atomic E-state index is 0.144. The van der Waals surface area contributed by atoms with Gasteiger partial charge in [-0.3, -0.25) is 0 Å². The van der Waals surface area contributed by atoms with E-state index in [1.165, 1.54) is 7.11 Å². The zero-order valence-electron chi connectivity index (χ0n) is 6.50. The van der Waals surface area contributed by atoms with Crippen LogP contribution in [0.1, 0.15) is 0 Å². The van der Waals surface area contributed by atoms with Crippen LogP contribution in [0, 0.1) is 0 Å². The molecule has 72 valence electrons. The molecule has 4 nitrogen and oxygen atoms in total. The van der Waals surface area contributed by atoms with Crippen molar-refractivity contribution in [2.24, 2.45) is 0 Å². The third kappa shape index (κ3) is 2.48. The van der Waals surface area contributed by atoms with E-state index in [1.54, 1.807) is 0 Å². The molecule has 1 aromatic rings. The molecule has 0 saturated carbocycles. The van der Waals surface area contributed by atoms with Crippen LogP contribution in [0.2, 0.25) is 0 Å². The van der Waals surface area contributed by atoms with Gasteiger partial charge >= 0.3 is 6.61 Å². The minimum Gasteiger partial charge on any atom is -0.480 e. The maximum Gasteiger partial charge on any atom is 0.388 e. The Kier molecular flexibility index (Phi) is 3.35. The number of methoxy groups -OCH3 is 1. The van der Waals surface area contributed by atoms with Crippen LogP contribution in [0.4, 0.5) is 8.78 Å². The monoisotopic (exact) mass is 254 g/mol. The average molecular weight is 255 g/mol. The summed E-state index contributed by atoms with van der Waals surface area (Å²) < 4.78 is 32.6. The third-order valence-corrected chi connectivity index (χ3v) is 1.80. The Hall–Kier alpha value is -0.980. The number of hydrogen-bond donors (Lipinski definition) is 0. The molecule has 0 fully saturated rings. The summed E-state index contributed by atoms with van der Waals surface area (Å²) in [4.78, 5) is 7.15. The molecule has 1 rings (SSSR count). The van der Waals surface area contributed by atoms with E-state index in [-0.39, 0.29) is 16.2 Å². The summed E-state index contributed by atoms with van der Waals surface area (Å²) in [6, 6.07) is 0. The molecule has 0 atom stereocenters. The largest absolute Gasteiger partial charge is 0.480 e. The first kappa shape index (κ1) is 10.1. The van der Waals surface area contributed by atoms with Crippen molar-refractivity contribution in [3.8, 4) is 11.8 Å². The second-order valence-corrected chi connectivity index (χ2v) is 2.67. The number of hydrogen-bond acceptors (Lipinski definition) is 4. The van der Waals surface area contributed by atoms with Crippen molar-refractivity contribution in [2.75, 3.05) is 7.11 Å². The highest BCUT2D eigenvalue weighted by molar-refractivity contribution is 9.10. The molecular formula is C6H5BrF2N2O2. The maximum atomic E-state index is 11.8. The molecule has 7 heteroatoms. The Morgan fingerprint density at radius 2 is 2.00 bits per heavy atom. The number of alkyl halides is 2. The van der Waals surface area contributed by atoms with Crippen molar-refractivity contribution in [3.63, 3.8) is 0 Å². The summed E-state index contributed by atoms with van der Waals surface area (Å²) >= 11 is 2.96. The first-order chi connectivity index (χ1) is 6.15. The molecule has 0 bridgehead atoms. The van der Waals surface area contributed by atoms with Crippen LogP contribution in [0.3, 0.4) is 0 Å². The van der Waals surface area contributed by atoms with Crippen LogP contribution in [0.5, 0.6) is 11.8 Å². The quantitative estimate of drug-likeness (QED) is 0.826. The molecule has 0 amide bonds. The van der Waals surface area contributed by atoms with E-state index in [0.717, 1.165) is 6.33 Å². The van der Waals surface area contributed by atoms with E-state index in [1.807, 2.05) is 0 Å². The summed E-state index contributed by atoms with van der Waals surface area (Å²) in [6.07, 6.45) is 1.07. The lowest BCUT2D eigenvalue weighted by Gasteiger charge is -2.06. The molecule has 0 aromatic carbocycles. The van der Waals surface area contributed by atoms with Gasteiger partial charge in [0.15, 0.2) is 0 Å². The lowest BCUT2D eigenvalue weighted by molar-refractivity contribution is -0.0536. The first-order valence-corrected chi connectivity index (χ1v) is 3.93. The van der Waals surface area contributed by atoms with Gasteiger partial charge in [-0.2, -0.15) is 8.78 Å². The SMILES string of the molecule is COc1ncnc(OC(F)F)c1Br. The van der Waals surface area contributed by atoms with Gasteiger partial charge in [-0.15, -0.1) is 0 Å². The van der Waals surface area contributed by atoms with E-state index in [9.17, 15) is 8.78 Å². The summed E-state index contributed by atoms with van der Waals surface area (Å²) in [7, 11) is 1.36. The molecule has 0 N–H and O–H groups in total. The smallest absolute Gasteiger partial charge is 0.388 e. The van der Waals surface area contributed by atoms with Crippen molar-refractivity contribution in [2.45, 2.75) is 6.61 Å². The number of ether oxygens (including phenoxy) is 2. The summed E-state index contributed by atoms with van der Waals surface area (Å²) in [5, 5.41) is 0. The van der Waals surface area contributed by atoms with Crippen LogP contribution in [0.25, 0.3) is 0 Å². The molecule has 0 radical (unpaired) electrons. The van der Waals surface area contributed by atoms with Crippen molar-refractivity contribution < 1.29 is 18.3 Å². The maximum absolute atomic E-state index is 11.8. The minimum atomic E-state index is -2.92. The van der Waals surface area contributed by atoms with Gasteiger partial charge in [0.2, 0.25) is 11.8 Å². The fraction of sp³-hybridized carbons (Fsp3) is 0.333. The lowest BCUT2D eigenvalue weighted by atomic mass is 10.6. The van der Waals surface area contributed by atoms with Crippen molar-refractivity contribution in [1.29, 1.82) is 0 Å². The standard InChI is InChI=1S/C6H5BrF2N2O2/c1-12-4-3(7)5(11-2-10-4)13-6(8)9/h2,6H,1H3. The van der Waals surface area contributed by atoms with Gasteiger partial charge in [-0.25, -0.2) is 9.97 Å². The van der Waals surface area contributed by atoms with Gasteiger partial charge in [0.1, 0.15) is 10.8 Å². The molecule has 0 aliphatic rings. The van der Waals surface area contributed by atoms with E-state index in [4.69, 9.17) is 4.74 Å². The van der Waals surface area contributed by atoms with Crippen molar-refractivity contribution in [3.05, 3.63) is 10.8 Å². The second kappa shape index (κ2) is 4.31. The van der Waals surface area contributed by atoms with Gasteiger partial charge in [0, 0.05) is 0 Å². The molecule has 1 aromatic heterocycles. The number of halogens is 3. The topological polar surface area (TPSA) is 44.2 Å². The number of aromatic nitrogens is 2. The summed E-state index contributed by atoms with van der Waals surface area (Å²) in [6.45, 7) is -2.92. The highest BCUT2D eigenvalue weighted by Crippen LogP contribution is 2.30. The number of nitrogens with zero attached hydrogens (tertiary/aromatic N) is 2. The Balaban J connectivity index is 2.94. The molecule has 0 unspecified atom stereocenters. The Labute approximate surface area is 81.0 Å². The Morgan fingerprint density at radius 3 is 2.54 bits per heavy atom. The molecule has 13 heavy (non-hydrogen) atoms. The zero-order chi connectivity index (χ0) is 9.84. The van der Waals surface area contributed by atoms with Gasteiger partial charge in [0.25, 0.3) is 0 Å². The third-order valence-electron chi connectivity index (χ3n) is 1.12. The molecule has 0 saturated heterocycles. The van der Waals surface area contributed by atoms with Crippen LogP contribution >= 0.6 is 15.9 Å². The predicted octanol–water partition coefficient (Wildman–Crippen LogP) is 1.85. The molecular weight excluding hydrogens is 250 g/mol. The highest BCUT2D eigenvalue weighted by atomic mass is 79.9. The van der Waals surface area contributed by atoms with Crippen molar-refractivity contribution >= 4 is 15.9 Å². The molecule has 1 heterocycles. The van der Waals surface area contributed by atoms with Gasteiger partial charge in [0.05, 0.1) is 7.11 Å². The molecule has 0 spiro atoms. The Bertz CT molecular complexity index is 298. The Morgan fingerprint density at radius 1 is 1.38 bits per heavy atom. The van der Waals surface area contributed by atoms with Gasteiger partial charge in [-0.1, -0.05) is 0 Å². The van der Waals surface area contributed by atoms with E-state index >= 15 is 0 Å². The van der Waals surface area contributed by atoms with Crippen LogP contribution in [0.15, 0.2) is 10.8 Å². The fourth-order valence-corrected chi connectivity index (χ4v) is 1.11. The summed E-state index contributed by atoms with van der Waals surface area (Å²) in [5.74, 6) is -0.104. The van der Waals surface area contributed by atoms with Crippen LogP contribution < -0.4 is 9.47 Å². The predicted molar refractivity (Wildman–Crippen MR) is 42.9 cm³/mol. The van der Waals surface area contributed by atoms with Gasteiger partial charge in [-0.05, 0) is 15.9 Å². The normalized spacial score (nSPS) is 10.2. The van der Waals surface area contributed by atoms with E-state index in [2.05, 4.69) is 30.6 Å². The first-order valence-electron chi connectivity index (χ1n) is 3.14. The molecule has 0 aliphatic heterocycles. The zero-order valence-corrected chi connectivity index (χ0v) is 8.09. The lowest BCUT2D eigenvalue weighted by Crippen LogP contribution is -2.05. The fourth-order valence-electron chi connectivity index (χ4n) is 0.647. The van der Waals surface area contributed by atoms with E-state index < -0.39 is 6.61 Å². The van der Waals surface area contributed by atoms with Gasteiger partial charge < -0.3 is 9.47 Å². The van der Waals surface area contributed by atoms with E-state index in [0.29, 0.717) is 0 Å². The van der Waals surface area contributed by atoms with Crippen molar-refractivity contribution in [1.82, 2.24) is 9.97 Å². The van der Waals surface area contributed by atoms with Crippen LogP contribution in [-0.2, 0) is 0 Å². The summed E-state index contributed by atoms with van der Waals surface area (Å²) in [5.41, 5.74) is 0. The van der Waals surface area contributed by atoms with Crippen LogP contribution in [-0.4, -0.2) is 23.7 Å².